The lowest BCUT2D eigenvalue weighted by Gasteiger charge is -2.21. The van der Waals surface area contributed by atoms with Crippen LogP contribution in [0.4, 0.5) is 0 Å². The summed E-state index contributed by atoms with van der Waals surface area (Å²) in [5.41, 5.74) is 6.62. The highest BCUT2D eigenvalue weighted by molar-refractivity contribution is 7.92. The van der Waals surface area contributed by atoms with E-state index in [0.717, 1.165) is 6.54 Å². The van der Waals surface area contributed by atoms with Gasteiger partial charge in [0.1, 0.15) is 0 Å². The first-order chi connectivity index (χ1) is 9.66. The molecule has 0 saturated heterocycles. The van der Waals surface area contributed by atoms with Gasteiger partial charge in [0.25, 0.3) is 0 Å². The minimum atomic E-state index is -3.28. The molecule has 0 fully saturated rings. The number of benzene rings is 1. The number of hydrogen-bond acceptors (Lipinski definition) is 5. The molecule has 2 unspecified atom stereocenters. The molecule has 1 rings (SSSR count). The summed E-state index contributed by atoms with van der Waals surface area (Å²) in [4.78, 5) is 2.28. The molecule has 3 N–H and O–H groups in total. The lowest BCUT2D eigenvalue weighted by atomic mass is 10.0. The lowest BCUT2D eigenvalue weighted by Crippen LogP contribution is -2.32. The molecule has 0 radical (unpaired) electrons. The van der Waals surface area contributed by atoms with Crippen LogP contribution in [-0.4, -0.2) is 50.4 Å². The maximum Gasteiger partial charge on any atom is 0.180 e. The molecule has 0 aliphatic heterocycles. The van der Waals surface area contributed by atoms with Crippen molar-refractivity contribution >= 4 is 9.84 Å². The Hall–Kier alpha value is -0.950. The van der Waals surface area contributed by atoms with Crippen molar-refractivity contribution in [1.29, 1.82) is 0 Å². The number of hydrogen-bond donors (Lipinski definition) is 2. The van der Waals surface area contributed by atoms with E-state index in [0.29, 0.717) is 12.0 Å². The van der Waals surface area contributed by atoms with E-state index in [1.54, 1.807) is 26.0 Å². The topological polar surface area (TPSA) is 83.6 Å². The average molecular weight is 314 g/mol. The van der Waals surface area contributed by atoms with Gasteiger partial charge in [0, 0.05) is 6.04 Å². The van der Waals surface area contributed by atoms with Gasteiger partial charge in [-0.1, -0.05) is 12.1 Å². The lowest BCUT2D eigenvalue weighted by molar-refractivity contribution is 0.137. The zero-order valence-corrected chi connectivity index (χ0v) is 14.0. The molecule has 120 valence electrons. The second-order valence-corrected chi connectivity index (χ2v) is 8.37. The number of aliphatic hydroxyl groups excluding tert-OH is 1. The molecule has 0 aliphatic carbocycles. The quantitative estimate of drug-likeness (QED) is 0.789. The van der Waals surface area contributed by atoms with Crippen LogP contribution in [0.25, 0.3) is 0 Å². The molecule has 2 atom stereocenters. The Bertz CT molecular complexity index is 539. The first kappa shape index (κ1) is 18.1. The fourth-order valence-electron chi connectivity index (χ4n) is 1.94. The number of nitrogens with two attached hydrogens (primary N) is 1. The van der Waals surface area contributed by atoms with Gasteiger partial charge in [-0.05, 0) is 58.6 Å². The van der Waals surface area contributed by atoms with Gasteiger partial charge < -0.3 is 15.7 Å². The van der Waals surface area contributed by atoms with Gasteiger partial charge in [0.05, 0.1) is 16.2 Å². The van der Waals surface area contributed by atoms with Crippen LogP contribution in [0.1, 0.15) is 31.9 Å². The van der Waals surface area contributed by atoms with E-state index in [1.807, 2.05) is 19.0 Å². The minimum Gasteiger partial charge on any atom is -0.387 e. The van der Waals surface area contributed by atoms with Gasteiger partial charge in [0.2, 0.25) is 0 Å². The van der Waals surface area contributed by atoms with Crippen molar-refractivity contribution < 1.29 is 13.5 Å². The largest absolute Gasteiger partial charge is 0.387 e. The van der Waals surface area contributed by atoms with Crippen LogP contribution < -0.4 is 5.73 Å². The molecule has 0 heterocycles. The summed E-state index contributed by atoms with van der Waals surface area (Å²) >= 11 is 0. The molecule has 21 heavy (non-hydrogen) atoms. The third-order valence-electron chi connectivity index (χ3n) is 3.49. The van der Waals surface area contributed by atoms with Crippen LogP contribution in [-0.2, 0) is 9.84 Å². The Morgan fingerprint density at radius 2 is 1.71 bits per heavy atom. The van der Waals surface area contributed by atoms with Crippen LogP contribution in [0.2, 0.25) is 0 Å². The molecule has 0 saturated carbocycles. The van der Waals surface area contributed by atoms with Gasteiger partial charge in [-0.3, -0.25) is 0 Å². The first-order valence-corrected chi connectivity index (χ1v) is 8.63. The SMILES string of the molecule is CC(C)S(=O)(=O)c1ccc(C(O)C(N)CCN(C)C)cc1. The van der Waals surface area contributed by atoms with Crippen molar-refractivity contribution in [2.45, 2.75) is 42.6 Å². The Kier molecular flexibility index (Phi) is 6.34. The fourth-order valence-corrected chi connectivity index (χ4v) is 3.00. The Balaban J connectivity index is 2.83. The van der Waals surface area contributed by atoms with Crippen molar-refractivity contribution in [2.24, 2.45) is 5.73 Å². The Labute approximate surface area is 127 Å². The molecule has 0 aromatic heterocycles. The average Bonchev–Trinajstić information content (AvgIpc) is 2.43. The van der Waals surface area contributed by atoms with Gasteiger partial charge in [-0.2, -0.15) is 0 Å². The van der Waals surface area contributed by atoms with Gasteiger partial charge in [0.15, 0.2) is 9.84 Å². The standard InChI is InChI=1S/C15H26N2O3S/c1-11(2)21(19,20)13-7-5-12(6-8-13)15(18)14(16)9-10-17(3)4/h5-8,11,14-15,18H,9-10,16H2,1-4H3. The summed E-state index contributed by atoms with van der Waals surface area (Å²) in [7, 11) is 0.618. The highest BCUT2D eigenvalue weighted by atomic mass is 32.2. The van der Waals surface area contributed by atoms with Crippen LogP contribution in [0.3, 0.4) is 0 Å². The Morgan fingerprint density at radius 3 is 2.14 bits per heavy atom. The van der Waals surface area contributed by atoms with Gasteiger partial charge in [-0.15, -0.1) is 0 Å². The molecular formula is C15H26N2O3S. The van der Waals surface area contributed by atoms with E-state index in [2.05, 4.69) is 0 Å². The normalized spacial score (nSPS) is 15.4. The fraction of sp³-hybridized carbons (Fsp3) is 0.600. The molecule has 0 spiro atoms. The van der Waals surface area contributed by atoms with E-state index >= 15 is 0 Å². The van der Waals surface area contributed by atoms with Gasteiger partial charge >= 0.3 is 0 Å². The smallest absolute Gasteiger partial charge is 0.180 e. The summed E-state index contributed by atoms with van der Waals surface area (Å²) in [6, 6.07) is 5.96. The van der Waals surface area contributed by atoms with Crippen molar-refractivity contribution in [3.8, 4) is 0 Å². The predicted molar refractivity (Wildman–Crippen MR) is 84.9 cm³/mol. The van der Waals surface area contributed by atoms with Gasteiger partial charge in [-0.25, -0.2) is 8.42 Å². The molecule has 6 heteroatoms. The second-order valence-electron chi connectivity index (χ2n) is 5.86. The highest BCUT2D eigenvalue weighted by Crippen LogP contribution is 2.22. The third-order valence-corrected chi connectivity index (χ3v) is 5.66. The number of nitrogens with zero attached hydrogens (tertiary/aromatic N) is 1. The van der Waals surface area contributed by atoms with Crippen molar-refractivity contribution in [1.82, 2.24) is 4.90 Å². The predicted octanol–water partition coefficient (Wildman–Crippen LogP) is 1.18. The van der Waals surface area contributed by atoms with Crippen LogP contribution in [0.15, 0.2) is 29.2 Å². The number of sulfone groups is 1. The molecule has 1 aromatic rings. The molecular weight excluding hydrogens is 288 g/mol. The molecule has 5 nitrogen and oxygen atoms in total. The van der Waals surface area contributed by atoms with Crippen molar-refractivity contribution in [2.75, 3.05) is 20.6 Å². The maximum absolute atomic E-state index is 12.0. The summed E-state index contributed by atoms with van der Waals surface area (Å²) in [6.45, 7) is 4.09. The molecule has 0 bridgehead atoms. The van der Waals surface area contributed by atoms with Crippen LogP contribution in [0, 0.1) is 0 Å². The van der Waals surface area contributed by atoms with Crippen LogP contribution >= 0.6 is 0 Å². The minimum absolute atomic E-state index is 0.273. The molecule has 0 aliphatic rings. The summed E-state index contributed by atoms with van der Waals surface area (Å²) in [5.74, 6) is 0. The van der Waals surface area contributed by atoms with E-state index in [1.165, 1.54) is 12.1 Å². The molecule has 1 aromatic carbocycles. The zero-order valence-electron chi connectivity index (χ0n) is 13.2. The van der Waals surface area contributed by atoms with E-state index in [9.17, 15) is 13.5 Å². The van der Waals surface area contributed by atoms with Crippen molar-refractivity contribution in [3.63, 3.8) is 0 Å². The Morgan fingerprint density at radius 1 is 1.19 bits per heavy atom. The monoisotopic (exact) mass is 314 g/mol. The number of rotatable bonds is 7. The second kappa shape index (κ2) is 7.35. The summed E-state index contributed by atoms with van der Waals surface area (Å²) in [5, 5.41) is 9.75. The van der Waals surface area contributed by atoms with E-state index < -0.39 is 21.2 Å². The molecule has 0 amide bonds. The van der Waals surface area contributed by atoms with E-state index in [4.69, 9.17) is 5.73 Å². The van der Waals surface area contributed by atoms with E-state index in [-0.39, 0.29) is 10.9 Å². The van der Waals surface area contributed by atoms with Crippen molar-refractivity contribution in [3.05, 3.63) is 29.8 Å². The summed E-state index contributed by atoms with van der Waals surface area (Å²) < 4.78 is 24.1. The number of aliphatic hydroxyl groups is 1. The highest BCUT2D eigenvalue weighted by Gasteiger charge is 2.21. The third kappa shape index (κ3) is 4.78. The maximum atomic E-state index is 12.0. The van der Waals surface area contributed by atoms with Crippen LogP contribution in [0.5, 0.6) is 0 Å². The zero-order chi connectivity index (χ0) is 16.2. The first-order valence-electron chi connectivity index (χ1n) is 7.08. The summed E-state index contributed by atoms with van der Waals surface area (Å²) in [6.07, 6.45) is -0.124.